The minimum absolute atomic E-state index is 0.0432. The van der Waals surface area contributed by atoms with E-state index in [1.54, 1.807) is 0 Å². The Labute approximate surface area is 97.7 Å². The van der Waals surface area contributed by atoms with Gasteiger partial charge in [0, 0.05) is 16.6 Å². The maximum absolute atomic E-state index is 5.73. The molecule has 1 aliphatic rings. The normalized spacial score (nSPS) is 17.1. The zero-order chi connectivity index (χ0) is 10.7. The Morgan fingerprint density at radius 1 is 1.33 bits per heavy atom. The molecule has 2 rings (SSSR count). The van der Waals surface area contributed by atoms with E-state index in [1.807, 2.05) is 18.2 Å². The lowest BCUT2D eigenvalue weighted by Crippen LogP contribution is -2.08. The molecule has 82 valence electrons. The minimum Gasteiger partial charge on any atom is -0.399 e. The highest BCUT2D eigenvalue weighted by Gasteiger charge is 2.15. The summed E-state index contributed by atoms with van der Waals surface area (Å²) in [5, 5.41) is 0. The van der Waals surface area contributed by atoms with Gasteiger partial charge in [-0.2, -0.15) is 0 Å². The average Bonchev–Trinajstić information content (AvgIpc) is 2.72. The van der Waals surface area contributed by atoms with Crippen molar-refractivity contribution >= 4 is 21.6 Å². The van der Waals surface area contributed by atoms with Gasteiger partial charge in [0.25, 0.3) is 0 Å². The number of hydrogen-bond donors (Lipinski definition) is 1. The fourth-order valence-electron chi connectivity index (χ4n) is 1.63. The number of ether oxygens (including phenoxy) is 2. The molecule has 1 aromatic rings. The molecule has 1 aromatic carbocycles. The first-order valence-corrected chi connectivity index (χ1v) is 5.82. The molecule has 2 N–H and O–H groups in total. The van der Waals surface area contributed by atoms with Crippen molar-refractivity contribution in [1.29, 1.82) is 0 Å². The molecule has 1 aliphatic heterocycles. The van der Waals surface area contributed by atoms with Crippen LogP contribution in [-0.2, 0) is 15.9 Å². The predicted octanol–water partition coefficient (Wildman–Crippen LogP) is 2.34. The molecule has 15 heavy (non-hydrogen) atoms. The van der Waals surface area contributed by atoms with E-state index in [9.17, 15) is 0 Å². The molecule has 0 radical (unpaired) electrons. The van der Waals surface area contributed by atoms with Gasteiger partial charge >= 0.3 is 0 Å². The van der Waals surface area contributed by atoms with E-state index >= 15 is 0 Å². The molecule has 3 nitrogen and oxygen atoms in total. The molecule has 0 amide bonds. The van der Waals surface area contributed by atoms with Crippen LogP contribution in [0.15, 0.2) is 22.7 Å². The summed E-state index contributed by atoms with van der Waals surface area (Å²) in [5.41, 5.74) is 7.72. The van der Waals surface area contributed by atoms with Crippen molar-refractivity contribution in [3.05, 3.63) is 28.2 Å². The van der Waals surface area contributed by atoms with Crippen molar-refractivity contribution in [3.8, 4) is 0 Å². The van der Waals surface area contributed by atoms with Gasteiger partial charge in [0.1, 0.15) is 0 Å². The van der Waals surface area contributed by atoms with E-state index in [-0.39, 0.29) is 6.29 Å². The van der Waals surface area contributed by atoms with Crippen molar-refractivity contribution < 1.29 is 9.47 Å². The molecule has 1 fully saturated rings. The standard InChI is InChI=1S/C11H14BrNO2/c12-10-3-2-9(13)7-8(10)1-4-11-14-5-6-15-11/h2-3,7,11H,1,4-6,13H2. The highest BCUT2D eigenvalue weighted by Crippen LogP contribution is 2.22. The molecule has 1 heterocycles. The second-order valence-electron chi connectivity index (χ2n) is 3.56. The summed E-state index contributed by atoms with van der Waals surface area (Å²) >= 11 is 3.50. The van der Waals surface area contributed by atoms with Crippen molar-refractivity contribution in [3.63, 3.8) is 0 Å². The molecule has 0 unspecified atom stereocenters. The van der Waals surface area contributed by atoms with Crippen molar-refractivity contribution in [2.24, 2.45) is 0 Å². The van der Waals surface area contributed by atoms with Crippen LogP contribution in [0.25, 0.3) is 0 Å². The monoisotopic (exact) mass is 271 g/mol. The van der Waals surface area contributed by atoms with Crippen LogP contribution in [0.4, 0.5) is 5.69 Å². The average molecular weight is 272 g/mol. The lowest BCUT2D eigenvalue weighted by atomic mass is 10.1. The molecule has 1 saturated heterocycles. The van der Waals surface area contributed by atoms with Crippen LogP contribution >= 0.6 is 15.9 Å². The first kappa shape index (κ1) is 10.9. The summed E-state index contributed by atoms with van der Waals surface area (Å²) < 4.78 is 11.8. The number of anilines is 1. The van der Waals surface area contributed by atoms with E-state index in [2.05, 4.69) is 15.9 Å². The molecule has 0 aliphatic carbocycles. The second-order valence-corrected chi connectivity index (χ2v) is 4.41. The van der Waals surface area contributed by atoms with Gasteiger partial charge in [0.2, 0.25) is 0 Å². The van der Waals surface area contributed by atoms with Crippen molar-refractivity contribution in [2.75, 3.05) is 18.9 Å². The summed E-state index contributed by atoms with van der Waals surface area (Å²) in [7, 11) is 0. The number of halogens is 1. The zero-order valence-electron chi connectivity index (χ0n) is 8.41. The number of rotatable bonds is 3. The number of hydrogen-bond acceptors (Lipinski definition) is 3. The fraction of sp³-hybridized carbons (Fsp3) is 0.455. The Bertz CT molecular complexity index is 337. The van der Waals surface area contributed by atoms with Crippen molar-refractivity contribution in [1.82, 2.24) is 0 Å². The minimum atomic E-state index is -0.0432. The van der Waals surface area contributed by atoms with Gasteiger partial charge < -0.3 is 15.2 Å². The lowest BCUT2D eigenvalue weighted by molar-refractivity contribution is -0.0462. The highest BCUT2D eigenvalue weighted by molar-refractivity contribution is 9.10. The summed E-state index contributed by atoms with van der Waals surface area (Å²) in [6, 6.07) is 5.84. The predicted molar refractivity (Wildman–Crippen MR) is 62.6 cm³/mol. The molecule has 0 saturated carbocycles. The third-order valence-electron chi connectivity index (χ3n) is 2.41. The van der Waals surface area contributed by atoms with Gasteiger partial charge in [0.05, 0.1) is 13.2 Å². The first-order chi connectivity index (χ1) is 7.25. The smallest absolute Gasteiger partial charge is 0.158 e. The van der Waals surface area contributed by atoms with E-state index < -0.39 is 0 Å². The highest BCUT2D eigenvalue weighted by atomic mass is 79.9. The van der Waals surface area contributed by atoms with Crippen LogP contribution < -0.4 is 5.73 Å². The van der Waals surface area contributed by atoms with E-state index in [0.29, 0.717) is 13.2 Å². The lowest BCUT2D eigenvalue weighted by Gasteiger charge is -2.10. The van der Waals surface area contributed by atoms with Gasteiger partial charge in [-0.25, -0.2) is 0 Å². The SMILES string of the molecule is Nc1ccc(Br)c(CCC2OCCO2)c1. The molecule has 0 bridgehead atoms. The van der Waals surface area contributed by atoms with Crippen LogP contribution in [0.3, 0.4) is 0 Å². The van der Waals surface area contributed by atoms with Crippen LogP contribution in [-0.4, -0.2) is 19.5 Å². The van der Waals surface area contributed by atoms with Gasteiger partial charge in [-0.15, -0.1) is 0 Å². The van der Waals surface area contributed by atoms with Gasteiger partial charge in [0.15, 0.2) is 6.29 Å². The van der Waals surface area contributed by atoms with Crippen LogP contribution in [0.1, 0.15) is 12.0 Å². The Hall–Kier alpha value is -0.580. The third-order valence-corrected chi connectivity index (χ3v) is 3.18. The van der Waals surface area contributed by atoms with Crippen LogP contribution in [0, 0.1) is 0 Å². The number of nitrogen functional groups attached to an aromatic ring is 1. The summed E-state index contributed by atoms with van der Waals surface area (Å²) in [6.07, 6.45) is 1.75. The maximum atomic E-state index is 5.73. The summed E-state index contributed by atoms with van der Waals surface area (Å²) in [5.74, 6) is 0. The second kappa shape index (κ2) is 4.96. The van der Waals surface area contributed by atoms with Gasteiger partial charge in [-0.05, 0) is 30.2 Å². The largest absolute Gasteiger partial charge is 0.399 e. The van der Waals surface area contributed by atoms with E-state index in [0.717, 1.165) is 23.0 Å². The number of nitrogens with two attached hydrogens (primary N) is 1. The number of benzene rings is 1. The van der Waals surface area contributed by atoms with Crippen molar-refractivity contribution in [2.45, 2.75) is 19.1 Å². The molecule has 0 aromatic heterocycles. The first-order valence-electron chi connectivity index (χ1n) is 5.03. The molecule has 0 spiro atoms. The Morgan fingerprint density at radius 3 is 2.80 bits per heavy atom. The maximum Gasteiger partial charge on any atom is 0.158 e. The third kappa shape index (κ3) is 2.93. The summed E-state index contributed by atoms with van der Waals surface area (Å²) in [4.78, 5) is 0. The Kier molecular flexibility index (Phi) is 3.61. The molecule has 0 atom stereocenters. The van der Waals surface area contributed by atoms with E-state index in [4.69, 9.17) is 15.2 Å². The quantitative estimate of drug-likeness (QED) is 0.859. The topological polar surface area (TPSA) is 44.5 Å². The van der Waals surface area contributed by atoms with E-state index in [1.165, 1.54) is 5.56 Å². The molecular formula is C11H14BrNO2. The van der Waals surface area contributed by atoms with Crippen LogP contribution in [0.5, 0.6) is 0 Å². The van der Waals surface area contributed by atoms with Gasteiger partial charge in [-0.1, -0.05) is 15.9 Å². The zero-order valence-corrected chi connectivity index (χ0v) is 10.00. The Balaban J connectivity index is 1.94. The summed E-state index contributed by atoms with van der Waals surface area (Å²) in [6.45, 7) is 1.42. The van der Waals surface area contributed by atoms with Gasteiger partial charge in [-0.3, -0.25) is 0 Å². The van der Waals surface area contributed by atoms with Crippen LogP contribution in [0.2, 0.25) is 0 Å². The number of aryl methyl sites for hydroxylation is 1. The Morgan fingerprint density at radius 2 is 2.07 bits per heavy atom. The molecular weight excluding hydrogens is 258 g/mol. The molecule has 4 heteroatoms. The fourth-order valence-corrected chi connectivity index (χ4v) is 2.08.